The van der Waals surface area contributed by atoms with E-state index in [1.807, 2.05) is 0 Å². The Hall–Kier alpha value is -1.14. The Labute approximate surface area is 130 Å². The summed E-state index contributed by atoms with van der Waals surface area (Å²) >= 11 is 0. The van der Waals surface area contributed by atoms with Crippen LogP contribution in [0.2, 0.25) is 0 Å². The summed E-state index contributed by atoms with van der Waals surface area (Å²) < 4.78 is 16.6. The van der Waals surface area contributed by atoms with Gasteiger partial charge in [-0.3, -0.25) is 4.79 Å². The third kappa shape index (κ3) is 2.99. The SMILES string of the molecule is CCC(O)C(=O)OC(C)OC1C2CC3CC(C2)C(=O)OC1C3. The fourth-order valence-electron chi connectivity index (χ4n) is 4.12. The largest absolute Gasteiger partial charge is 0.459 e. The topological polar surface area (TPSA) is 82.1 Å². The molecule has 1 N–H and O–H groups in total. The van der Waals surface area contributed by atoms with Gasteiger partial charge in [-0.1, -0.05) is 6.92 Å². The van der Waals surface area contributed by atoms with Gasteiger partial charge in [0.1, 0.15) is 12.2 Å². The quantitative estimate of drug-likeness (QED) is 0.610. The second-order valence-electron chi connectivity index (χ2n) is 6.77. The molecule has 4 rings (SSSR count). The highest BCUT2D eigenvalue weighted by Crippen LogP contribution is 2.48. The van der Waals surface area contributed by atoms with E-state index in [-0.39, 0.29) is 30.0 Å². The van der Waals surface area contributed by atoms with Crippen molar-refractivity contribution in [1.29, 1.82) is 0 Å². The maximum atomic E-state index is 12.0. The molecule has 2 saturated carbocycles. The van der Waals surface area contributed by atoms with Gasteiger partial charge in [-0.25, -0.2) is 4.79 Å². The zero-order chi connectivity index (χ0) is 15.9. The summed E-state index contributed by atoms with van der Waals surface area (Å²) in [7, 11) is 0. The number of carbonyl (C=O) groups is 2. The van der Waals surface area contributed by atoms with E-state index in [0.717, 1.165) is 25.7 Å². The minimum atomic E-state index is -1.12. The molecule has 4 aliphatic rings. The van der Waals surface area contributed by atoms with Gasteiger partial charge in [-0.05, 0) is 50.9 Å². The Bertz CT molecular complexity index is 450. The van der Waals surface area contributed by atoms with Crippen molar-refractivity contribution in [3.63, 3.8) is 0 Å². The Kier molecular flexibility index (Phi) is 4.41. The molecule has 22 heavy (non-hydrogen) atoms. The van der Waals surface area contributed by atoms with E-state index >= 15 is 0 Å². The van der Waals surface area contributed by atoms with Gasteiger partial charge in [-0.15, -0.1) is 0 Å². The summed E-state index contributed by atoms with van der Waals surface area (Å²) in [6.45, 7) is 3.35. The maximum absolute atomic E-state index is 12.0. The van der Waals surface area contributed by atoms with E-state index in [1.54, 1.807) is 13.8 Å². The summed E-state index contributed by atoms with van der Waals surface area (Å²) in [6.07, 6.45) is 1.60. The molecule has 4 bridgehead atoms. The second kappa shape index (κ2) is 6.16. The first-order valence-electron chi connectivity index (χ1n) is 8.22. The van der Waals surface area contributed by atoms with Crippen molar-refractivity contribution in [2.24, 2.45) is 17.8 Å². The van der Waals surface area contributed by atoms with Crippen LogP contribution in [-0.2, 0) is 23.8 Å². The van der Waals surface area contributed by atoms with E-state index < -0.39 is 18.4 Å². The highest BCUT2D eigenvalue weighted by Gasteiger charge is 2.51. The second-order valence-corrected chi connectivity index (χ2v) is 6.77. The Morgan fingerprint density at radius 3 is 2.86 bits per heavy atom. The average Bonchev–Trinajstić information content (AvgIpc) is 2.64. The van der Waals surface area contributed by atoms with Crippen molar-refractivity contribution in [2.45, 2.75) is 70.6 Å². The number of rotatable bonds is 5. The molecule has 4 fully saturated rings. The Morgan fingerprint density at radius 2 is 2.14 bits per heavy atom. The zero-order valence-electron chi connectivity index (χ0n) is 13.1. The highest BCUT2D eigenvalue weighted by molar-refractivity contribution is 5.74. The van der Waals surface area contributed by atoms with Gasteiger partial charge < -0.3 is 19.3 Å². The Balaban J connectivity index is 1.63. The molecule has 7 unspecified atom stereocenters. The van der Waals surface area contributed by atoms with Crippen molar-refractivity contribution in [1.82, 2.24) is 0 Å². The molecule has 124 valence electrons. The van der Waals surface area contributed by atoms with Gasteiger partial charge in [0.15, 0.2) is 6.10 Å². The highest BCUT2D eigenvalue weighted by atomic mass is 16.7. The fourth-order valence-corrected chi connectivity index (χ4v) is 4.12. The van der Waals surface area contributed by atoms with Crippen LogP contribution in [0.1, 0.15) is 46.0 Å². The van der Waals surface area contributed by atoms with Crippen molar-refractivity contribution in [2.75, 3.05) is 0 Å². The predicted molar refractivity (Wildman–Crippen MR) is 75.5 cm³/mol. The van der Waals surface area contributed by atoms with E-state index in [4.69, 9.17) is 14.2 Å². The molecule has 2 aliphatic carbocycles. The van der Waals surface area contributed by atoms with E-state index in [1.165, 1.54) is 0 Å². The van der Waals surface area contributed by atoms with Crippen LogP contribution in [0.3, 0.4) is 0 Å². The average molecular weight is 312 g/mol. The summed E-state index contributed by atoms with van der Waals surface area (Å²) in [5.74, 6) is 0.0520. The normalized spacial score (nSPS) is 39.0. The van der Waals surface area contributed by atoms with Gasteiger partial charge in [0.2, 0.25) is 6.29 Å². The molecule has 2 heterocycles. The smallest absolute Gasteiger partial charge is 0.337 e. The standard InChI is InChI=1S/C16H24O6/c1-3-12(17)16(19)21-8(2)20-14-10-4-9-5-11(7-10)15(18)22-13(14)6-9/h8-14,17H,3-7H2,1-2H3. The van der Waals surface area contributed by atoms with Crippen molar-refractivity contribution in [3.8, 4) is 0 Å². The van der Waals surface area contributed by atoms with Gasteiger partial charge in [-0.2, -0.15) is 0 Å². The molecule has 2 saturated heterocycles. The zero-order valence-corrected chi connectivity index (χ0v) is 13.1. The predicted octanol–water partition coefficient (Wildman–Crippen LogP) is 1.39. The van der Waals surface area contributed by atoms with Gasteiger partial charge >= 0.3 is 11.9 Å². The van der Waals surface area contributed by atoms with Crippen LogP contribution in [0.15, 0.2) is 0 Å². The molecular weight excluding hydrogens is 288 g/mol. The van der Waals surface area contributed by atoms with Crippen molar-refractivity contribution in [3.05, 3.63) is 0 Å². The first-order chi connectivity index (χ1) is 10.5. The molecule has 0 amide bonds. The number of hydrogen-bond donors (Lipinski definition) is 1. The van der Waals surface area contributed by atoms with E-state index in [2.05, 4.69) is 0 Å². The monoisotopic (exact) mass is 312 g/mol. The third-order valence-corrected chi connectivity index (χ3v) is 5.13. The minimum Gasteiger partial charge on any atom is -0.459 e. The summed E-state index contributed by atoms with van der Waals surface area (Å²) in [5.41, 5.74) is 0. The molecule has 0 spiro atoms. The lowest BCUT2D eigenvalue weighted by Crippen LogP contribution is -2.46. The first-order valence-corrected chi connectivity index (χ1v) is 8.22. The van der Waals surface area contributed by atoms with E-state index in [0.29, 0.717) is 12.3 Å². The summed E-state index contributed by atoms with van der Waals surface area (Å²) in [4.78, 5) is 23.6. The molecule has 0 radical (unpaired) electrons. The summed E-state index contributed by atoms with van der Waals surface area (Å²) in [5, 5.41) is 9.46. The fraction of sp³-hybridized carbons (Fsp3) is 0.875. The third-order valence-electron chi connectivity index (χ3n) is 5.13. The molecular formula is C16H24O6. The van der Waals surface area contributed by atoms with Crippen molar-refractivity contribution >= 4 is 11.9 Å². The van der Waals surface area contributed by atoms with Gasteiger partial charge in [0, 0.05) is 0 Å². The van der Waals surface area contributed by atoms with Crippen LogP contribution >= 0.6 is 0 Å². The van der Waals surface area contributed by atoms with E-state index in [9.17, 15) is 14.7 Å². The maximum Gasteiger partial charge on any atom is 0.337 e. The Morgan fingerprint density at radius 1 is 1.36 bits per heavy atom. The molecule has 0 aromatic rings. The van der Waals surface area contributed by atoms with Crippen LogP contribution < -0.4 is 0 Å². The molecule has 2 aliphatic heterocycles. The number of carbonyl (C=O) groups excluding carboxylic acids is 2. The van der Waals surface area contributed by atoms with Crippen LogP contribution in [0.25, 0.3) is 0 Å². The number of esters is 2. The van der Waals surface area contributed by atoms with Crippen LogP contribution in [0.5, 0.6) is 0 Å². The lowest BCUT2D eigenvalue weighted by Gasteiger charge is -2.42. The minimum absolute atomic E-state index is 0.00196. The molecule has 6 nitrogen and oxygen atoms in total. The number of ether oxygens (including phenoxy) is 3. The van der Waals surface area contributed by atoms with Crippen LogP contribution in [0.4, 0.5) is 0 Å². The molecule has 6 heteroatoms. The van der Waals surface area contributed by atoms with Gasteiger partial charge in [0.05, 0.1) is 5.92 Å². The first kappa shape index (κ1) is 15.7. The summed E-state index contributed by atoms with van der Waals surface area (Å²) in [6, 6.07) is 0. The number of aliphatic hydroxyl groups excluding tert-OH is 1. The van der Waals surface area contributed by atoms with Gasteiger partial charge in [0.25, 0.3) is 0 Å². The number of aliphatic hydroxyl groups is 1. The number of fused-ring (bicyclic) bond motifs is 1. The molecule has 0 aromatic heterocycles. The lowest BCUT2D eigenvalue weighted by atomic mass is 9.67. The van der Waals surface area contributed by atoms with Crippen molar-refractivity contribution < 1.29 is 28.9 Å². The molecule has 0 aromatic carbocycles. The van der Waals surface area contributed by atoms with Crippen LogP contribution in [-0.4, -0.2) is 41.6 Å². The lowest BCUT2D eigenvalue weighted by molar-refractivity contribution is -0.219. The number of hydrogen-bond acceptors (Lipinski definition) is 6. The molecule has 7 atom stereocenters. The van der Waals surface area contributed by atoms with Crippen LogP contribution in [0, 0.1) is 17.8 Å².